The van der Waals surface area contributed by atoms with Crippen LogP contribution in [0.15, 0.2) is 51.7 Å². The van der Waals surface area contributed by atoms with Crippen molar-refractivity contribution in [3.05, 3.63) is 81.2 Å². The molecule has 2 nitrogen and oxygen atoms in total. The Kier molecular flexibility index (Phi) is 8.24. The van der Waals surface area contributed by atoms with Crippen molar-refractivity contribution >= 4 is 10.8 Å². The van der Waals surface area contributed by atoms with Gasteiger partial charge in [-0.05, 0) is 53.8 Å². The van der Waals surface area contributed by atoms with Crippen LogP contribution >= 0.6 is 0 Å². The molecule has 0 N–H and O–H groups in total. The molecule has 0 radical (unpaired) electrons. The maximum Gasteiger partial charge on any atom is 0.346 e. The molecule has 0 amide bonds. The summed E-state index contributed by atoms with van der Waals surface area (Å²) in [6.07, 6.45) is 10.9. The highest BCUT2D eigenvalue weighted by Crippen LogP contribution is 2.21. The molecule has 0 aliphatic carbocycles. The van der Waals surface area contributed by atoms with Crippen molar-refractivity contribution in [2.75, 3.05) is 0 Å². The number of benzene rings is 2. The molecular formula is C27H33FO2. The number of halogens is 1. The minimum atomic E-state index is -0.581. The molecule has 0 saturated carbocycles. The Labute approximate surface area is 179 Å². The zero-order valence-corrected chi connectivity index (χ0v) is 18.3. The fourth-order valence-electron chi connectivity index (χ4n) is 3.96. The van der Waals surface area contributed by atoms with Gasteiger partial charge >= 0.3 is 5.63 Å². The Morgan fingerprint density at radius 3 is 2.17 bits per heavy atom. The lowest BCUT2D eigenvalue weighted by Crippen LogP contribution is -2.06. The van der Waals surface area contributed by atoms with Gasteiger partial charge in [-0.25, -0.2) is 9.18 Å². The molecular weight excluding hydrogens is 375 g/mol. The third-order valence-corrected chi connectivity index (χ3v) is 5.87. The molecule has 3 heteroatoms. The lowest BCUT2D eigenvalue weighted by molar-refractivity contribution is 0.469. The largest absolute Gasteiger partial charge is 0.427 e. The first-order chi connectivity index (χ1) is 14.6. The predicted octanol–water partition coefficient (Wildman–Crippen LogP) is 7.18. The Hall–Kier alpha value is -2.42. The maximum absolute atomic E-state index is 14.9. The molecule has 0 unspecified atom stereocenters. The maximum atomic E-state index is 14.9. The van der Waals surface area contributed by atoms with E-state index in [1.54, 1.807) is 12.1 Å². The second-order valence-corrected chi connectivity index (χ2v) is 8.19. The van der Waals surface area contributed by atoms with Gasteiger partial charge in [0.1, 0.15) is 17.0 Å². The summed E-state index contributed by atoms with van der Waals surface area (Å²) in [6, 6.07) is 14.1. The average molecular weight is 409 g/mol. The van der Waals surface area contributed by atoms with Crippen molar-refractivity contribution in [3.8, 4) is 0 Å². The van der Waals surface area contributed by atoms with E-state index < -0.39 is 11.4 Å². The summed E-state index contributed by atoms with van der Waals surface area (Å²) in [5.41, 5.74) is 2.54. The van der Waals surface area contributed by atoms with Crippen LogP contribution < -0.4 is 5.63 Å². The number of rotatable bonds is 11. The smallest absolute Gasteiger partial charge is 0.346 e. The van der Waals surface area contributed by atoms with Gasteiger partial charge in [-0.3, -0.25) is 0 Å². The fraction of sp³-hybridized carbons (Fsp3) is 0.444. The van der Waals surface area contributed by atoms with E-state index in [2.05, 4.69) is 31.2 Å². The first-order valence-corrected chi connectivity index (χ1v) is 11.4. The summed E-state index contributed by atoms with van der Waals surface area (Å²) in [5, 5.41) is 0.683. The van der Waals surface area contributed by atoms with E-state index in [1.807, 2.05) is 13.0 Å². The van der Waals surface area contributed by atoms with Crippen LogP contribution in [0, 0.1) is 5.82 Å². The van der Waals surface area contributed by atoms with Crippen molar-refractivity contribution in [3.63, 3.8) is 0 Å². The molecule has 1 heterocycles. The second kappa shape index (κ2) is 11.1. The monoisotopic (exact) mass is 408 g/mol. The van der Waals surface area contributed by atoms with E-state index in [4.69, 9.17) is 4.42 Å². The van der Waals surface area contributed by atoms with Crippen molar-refractivity contribution in [2.45, 2.75) is 78.1 Å². The highest BCUT2D eigenvalue weighted by Gasteiger charge is 2.13. The number of fused-ring (bicyclic) bond motifs is 1. The Morgan fingerprint density at radius 2 is 1.47 bits per heavy atom. The fourth-order valence-corrected chi connectivity index (χ4v) is 3.96. The standard InChI is InChI=1S/C27H33FO2/c1-3-5-6-7-8-9-10-20-11-13-21(14-12-20)15-16-22-17-18-23-19-24(4-2)30-27(29)25(23)26(22)28/h11-14,17-19H,3-10,15-16H2,1-2H3. The Bertz CT molecular complexity index is 1000. The summed E-state index contributed by atoms with van der Waals surface area (Å²) in [6.45, 7) is 4.16. The van der Waals surface area contributed by atoms with Crippen LogP contribution in [-0.2, 0) is 25.7 Å². The van der Waals surface area contributed by atoms with Crippen LogP contribution in [0.25, 0.3) is 10.8 Å². The molecule has 160 valence electrons. The summed E-state index contributed by atoms with van der Waals surface area (Å²) in [4.78, 5) is 12.2. The lowest BCUT2D eigenvalue weighted by atomic mass is 9.99. The van der Waals surface area contributed by atoms with Gasteiger partial charge in [0.2, 0.25) is 0 Å². The van der Waals surface area contributed by atoms with Crippen LogP contribution in [0.3, 0.4) is 0 Å². The van der Waals surface area contributed by atoms with Gasteiger partial charge in [0.25, 0.3) is 0 Å². The molecule has 3 rings (SSSR count). The summed E-state index contributed by atoms with van der Waals surface area (Å²) < 4.78 is 20.1. The molecule has 3 aromatic rings. The van der Waals surface area contributed by atoms with E-state index in [-0.39, 0.29) is 5.39 Å². The molecule has 1 aromatic heterocycles. The van der Waals surface area contributed by atoms with Crippen molar-refractivity contribution < 1.29 is 8.81 Å². The minimum absolute atomic E-state index is 0.0685. The second-order valence-electron chi connectivity index (χ2n) is 8.19. The van der Waals surface area contributed by atoms with E-state index in [9.17, 15) is 9.18 Å². The number of unbranched alkanes of at least 4 members (excludes halogenated alkanes) is 5. The first-order valence-electron chi connectivity index (χ1n) is 11.4. The van der Waals surface area contributed by atoms with Crippen LogP contribution in [-0.4, -0.2) is 0 Å². The van der Waals surface area contributed by atoms with Crippen LogP contribution in [0.5, 0.6) is 0 Å². The number of hydrogen-bond donors (Lipinski definition) is 0. The Morgan fingerprint density at radius 1 is 0.800 bits per heavy atom. The molecule has 0 aliphatic heterocycles. The summed E-state index contributed by atoms with van der Waals surface area (Å²) >= 11 is 0. The van der Waals surface area contributed by atoms with Crippen molar-refractivity contribution in [2.24, 2.45) is 0 Å². The van der Waals surface area contributed by atoms with E-state index in [1.165, 1.54) is 49.7 Å². The topological polar surface area (TPSA) is 30.2 Å². The first kappa shape index (κ1) is 22.3. The lowest BCUT2D eigenvalue weighted by Gasteiger charge is -2.08. The average Bonchev–Trinajstić information content (AvgIpc) is 2.76. The van der Waals surface area contributed by atoms with E-state index in [0.29, 0.717) is 29.6 Å². The normalized spacial score (nSPS) is 11.3. The van der Waals surface area contributed by atoms with Crippen LogP contribution in [0.2, 0.25) is 0 Å². The zero-order valence-electron chi connectivity index (χ0n) is 18.3. The van der Waals surface area contributed by atoms with Gasteiger partial charge in [-0.2, -0.15) is 0 Å². The molecule has 0 saturated heterocycles. The minimum Gasteiger partial charge on any atom is -0.427 e. The Balaban J connectivity index is 1.58. The SMILES string of the molecule is CCCCCCCCc1ccc(CCc2ccc3cc(CC)oc(=O)c3c2F)cc1. The van der Waals surface area contributed by atoms with E-state index in [0.717, 1.165) is 12.8 Å². The number of aryl methyl sites for hydroxylation is 4. The molecule has 2 aromatic carbocycles. The third-order valence-electron chi connectivity index (χ3n) is 5.87. The van der Waals surface area contributed by atoms with Gasteiger partial charge in [-0.1, -0.05) is 82.3 Å². The van der Waals surface area contributed by atoms with Crippen molar-refractivity contribution in [1.82, 2.24) is 0 Å². The molecule has 0 aliphatic rings. The highest BCUT2D eigenvalue weighted by molar-refractivity contribution is 5.82. The van der Waals surface area contributed by atoms with E-state index >= 15 is 0 Å². The molecule has 30 heavy (non-hydrogen) atoms. The van der Waals surface area contributed by atoms with Gasteiger partial charge in [0.05, 0.1) is 0 Å². The highest BCUT2D eigenvalue weighted by atomic mass is 19.1. The van der Waals surface area contributed by atoms with Gasteiger partial charge in [0, 0.05) is 6.42 Å². The third kappa shape index (κ3) is 5.81. The molecule has 0 fully saturated rings. The zero-order chi connectivity index (χ0) is 21.3. The summed E-state index contributed by atoms with van der Waals surface area (Å²) in [5.74, 6) is 0.143. The van der Waals surface area contributed by atoms with Crippen molar-refractivity contribution in [1.29, 1.82) is 0 Å². The summed E-state index contributed by atoms with van der Waals surface area (Å²) in [7, 11) is 0. The van der Waals surface area contributed by atoms with Gasteiger partial charge < -0.3 is 4.42 Å². The molecule has 0 spiro atoms. The molecule has 0 bridgehead atoms. The number of hydrogen-bond acceptors (Lipinski definition) is 2. The predicted molar refractivity (Wildman–Crippen MR) is 123 cm³/mol. The van der Waals surface area contributed by atoms with Gasteiger partial charge in [0.15, 0.2) is 0 Å². The van der Waals surface area contributed by atoms with Crippen LogP contribution in [0.1, 0.15) is 74.8 Å². The van der Waals surface area contributed by atoms with Crippen LogP contribution in [0.4, 0.5) is 4.39 Å². The van der Waals surface area contributed by atoms with Gasteiger partial charge in [-0.15, -0.1) is 0 Å². The molecule has 0 atom stereocenters. The quantitative estimate of drug-likeness (QED) is 0.314.